The molecule has 1 saturated heterocycles. The summed E-state index contributed by atoms with van der Waals surface area (Å²) in [5.41, 5.74) is 5.55. The molecule has 0 radical (unpaired) electrons. The fourth-order valence-electron chi connectivity index (χ4n) is 2.88. The molecule has 0 bridgehead atoms. The van der Waals surface area contributed by atoms with E-state index >= 15 is 0 Å². The van der Waals surface area contributed by atoms with Gasteiger partial charge >= 0.3 is 0 Å². The van der Waals surface area contributed by atoms with Crippen LogP contribution in [0.5, 0.6) is 0 Å². The van der Waals surface area contributed by atoms with Crippen molar-refractivity contribution in [1.82, 2.24) is 5.32 Å². The Morgan fingerprint density at radius 1 is 1.29 bits per heavy atom. The van der Waals surface area contributed by atoms with Gasteiger partial charge in [0.15, 0.2) is 0 Å². The average molecular weight is 240 g/mol. The van der Waals surface area contributed by atoms with Crippen molar-refractivity contribution in [2.24, 2.45) is 11.7 Å². The highest BCUT2D eigenvalue weighted by molar-refractivity contribution is 5.81. The molecule has 4 heteroatoms. The number of carbonyl (C=O) groups excluding carboxylic acids is 1. The lowest BCUT2D eigenvalue weighted by molar-refractivity contribution is -0.133. The maximum Gasteiger partial charge on any atom is 0.249 e. The SMILES string of the molecule is CC1CCCCC1NC(=O)[C@@H]1CC[C@H](CN)O1. The van der Waals surface area contributed by atoms with Crippen LogP contribution in [0.15, 0.2) is 0 Å². The lowest BCUT2D eigenvalue weighted by Crippen LogP contribution is -2.45. The molecule has 2 rings (SSSR count). The predicted molar refractivity (Wildman–Crippen MR) is 66.5 cm³/mol. The lowest BCUT2D eigenvalue weighted by atomic mass is 9.86. The van der Waals surface area contributed by atoms with Gasteiger partial charge in [-0.15, -0.1) is 0 Å². The highest BCUT2D eigenvalue weighted by Gasteiger charge is 2.32. The maximum absolute atomic E-state index is 12.0. The summed E-state index contributed by atoms with van der Waals surface area (Å²) in [6.45, 7) is 2.74. The molecule has 0 aromatic carbocycles. The molecule has 1 aliphatic carbocycles. The largest absolute Gasteiger partial charge is 0.364 e. The van der Waals surface area contributed by atoms with E-state index in [1.165, 1.54) is 19.3 Å². The van der Waals surface area contributed by atoms with E-state index in [9.17, 15) is 4.79 Å². The summed E-state index contributed by atoms with van der Waals surface area (Å²) in [5, 5.41) is 3.15. The van der Waals surface area contributed by atoms with Crippen molar-refractivity contribution in [3.8, 4) is 0 Å². The van der Waals surface area contributed by atoms with Gasteiger partial charge in [-0.2, -0.15) is 0 Å². The van der Waals surface area contributed by atoms with Gasteiger partial charge in [0, 0.05) is 12.6 Å². The van der Waals surface area contributed by atoms with Crippen molar-refractivity contribution in [3.05, 3.63) is 0 Å². The van der Waals surface area contributed by atoms with E-state index in [2.05, 4.69) is 12.2 Å². The number of hydrogen-bond acceptors (Lipinski definition) is 3. The fourth-order valence-corrected chi connectivity index (χ4v) is 2.88. The van der Waals surface area contributed by atoms with Crippen LogP contribution >= 0.6 is 0 Å². The van der Waals surface area contributed by atoms with Crippen molar-refractivity contribution < 1.29 is 9.53 Å². The van der Waals surface area contributed by atoms with Gasteiger partial charge in [-0.25, -0.2) is 0 Å². The maximum atomic E-state index is 12.0. The standard InChI is InChI=1S/C13H24N2O2/c1-9-4-2-3-5-11(9)15-13(16)12-7-6-10(8-14)17-12/h9-12H,2-8,14H2,1H3,(H,15,16)/t9?,10-,11?,12+/m1/s1. The Kier molecular flexibility index (Phi) is 4.40. The van der Waals surface area contributed by atoms with Crippen LogP contribution in [0.2, 0.25) is 0 Å². The Morgan fingerprint density at radius 3 is 2.71 bits per heavy atom. The van der Waals surface area contributed by atoms with Gasteiger partial charge in [0.2, 0.25) is 5.91 Å². The molecule has 4 nitrogen and oxygen atoms in total. The zero-order valence-electron chi connectivity index (χ0n) is 10.7. The summed E-state index contributed by atoms with van der Waals surface area (Å²) in [4.78, 5) is 12.0. The van der Waals surface area contributed by atoms with Crippen molar-refractivity contribution >= 4 is 5.91 Å². The van der Waals surface area contributed by atoms with E-state index in [0.717, 1.165) is 19.3 Å². The van der Waals surface area contributed by atoms with E-state index in [0.29, 0.717) is 18.5 Å². The van der Waals surface area contributed by atoms with Gasteiger partial charge < -0.3 is 15.8 Å². The van der Waals surface area contributed by atoms with Gasteiger partial charge in [-0.1, -0.05) is 19.8 Å². The third-order valence-electron chi connectivity index (χ3n) is 4.10. The highest BCUT2D eigenvalue weighted by Crippen LogP contribution is 2.25. The van der Waals surface area contributed by atoms with Gasteiger partial charge in [0.1, 0.15) is 6.10 Å². The number of amides is 1. The van der Waals surface area contributed by atoms with E-state index in [4.69, 9.17) is 10.5 Å². The third kappa shape index (κ3) is 3.19. The number of ether oxygens (including phenoxy) is 1. The van der Waals surface area contributed by atoms with Gasteiger partial charge in [-0.05, 0) is 31.6 Å². The quantitative estimate of drug-likeness (QED) is 0.779. The van der Waals surface area contributed by atoms with Crippen molar-refractivity contribution in [3.63, 3.8) is 0 Å². The van der Waals surface area contributed by atoms with Crippen molar-refractivity contribution in [2.45, 2.75) is 63.7 Å². The van der Waals surface area contributed by atoms with Gasteiger partial charge in [0.05, 0.1) is 6.10 Å². The lowest BCUT2D eigenvalue weighted by Gasteiger charge is -2.30. The van der Waals surface area contributed by atoms with Crippen LogP contribution in [-0.2, 0) is 9.53 Å². The molecule has 4 atom stereocenters. The first-order chi connectivity index (χ1) is 8.20. The van der Waals surface area contributed by atoms with E-state index < -0.39 is 0 Å². The van der Waals surface area contributed by atoms with Crippen LogP contribution in [0.3, 0.4) is 0 Å². The second-order valence-electron chi connectivity index (χ2n) is 5.44. The van der Waals surface area contributed by atoms with Crippen LogP contribution in [0, 0.1) is 5.92 Å². The van der Waals surface area contributed by atoms with Crippen LogP contribution in [0.4, 0.5) is 0 Å². The summed E-state index contributed by atoms with van der Waals surface area (Å²) in [7, 11) is 0. The minimum atomic E-state index is -0.266. The number of rotatable bonds is 3. The van der Waals surface area contributed by atoms with Crippen molar-refractivity contribution in [1.29, 1.82) is 0 Å². The van der Waals surface area contributed by atoms with Crippen molar-refractivity contribution in [2.75, 3.05) is 6.54 Å². The van der Waals surface area contributed by atoms with E-state index in [1.54, 1.807) is 0 Å². The minimum Gasteiger partial charge on any atom is -0.364 e. The second-order valence-corrected chi connectivity index (χ2v) is 5.44. The molecule has 1 aliphatic heterocycles. The first-order valence-corrected chi connectivity index (χ1v) is 6.86. The van der Waals surface area contributed by atoms with Crippen LogP contribution in [-0.4, -0.2) is 30.7 Å². The molecule has 1 amide bonds. The average Bonchev–Trinajstić information content (AvgIpc) is 2.81. The Morgan fingerprint density at radius 2 is 2.06 bits per heavy atom. The fraction of sp³-hybridized carbons (Fsp3) is 0.923. The monoisotopic (exact) mass is 240 g/mol. The Hall–Kier alpha value is -0.610. The first-order valence-electron chi connectivity index (χ1n) is 6.86. The molecular weight excluding hydrogens is 216 g/mol. The van der Waals surface area contributed by atoms with Crippen LogP contribution in [0.25, 0.3) is 0 Å². The molecule has 0 aromatic rings. The molecule has 2 unspecified atom stereocenters. The summed E-state index contributed by atoms with van der Waals surface area (Å²) in [5.74, 6) is 0.666. The number of hydrogen-bond donors (Lipinski definition) is 2. The summed E-state index contributed by atoms with van der Waals surface area (Å²) >= 11 is 0. The zero-order chi connectivity index (χ0) is 12.3. The molecule has 17 heavy (non-hydrogen) atoms. The number of carbonyl (C=O) groups is 1. The molecule has 3 N–H and O–H groups in total. The Bertz CT molecular complexity index is 270. The highest BCUT2D eigenvalue weighted by atomic mass is 16.5. The smallest absolute Gasteiger partial charge is 0.249 e. The summed E-state index contributed by atoms with van der Waals surface area (Å²) in [6.07, 6.45) is 6.40. The molecule has 0 aromatic heterocycles. The van der Waals surface area contributed by atoms with Gasteiger partial charge in [0.25, 0.3) is 0 Å². The van der Waals surface area contributed by atoms with E-state index in [1.807, 2.05) is 0 Å². The molecule has 98 valence electrons. The Labute approximate surface area is 103 Å². The first kappa shape index (κ1) is 12.8. The predicted octanol–water partition coefficient (Wildman–Crippen LogP) is 1.19. The summed E-state index contributed by atoms with van der Waals surface area (Å²) < 4.78 is 5.61. The van der Waals surface area contributed by atoms with E-state index in [-0.39, 0.29) is 18.1 Å². The van der Waals surface area contributed by atoms with Crippen LogP contribution < -0.4 is 11.1 Å². The molecule has 2 fully saturated rings. The normalized spacial score (nSPS) is 38.0. The summed E-state index contributed by atoms with van der Waals surface area (Å²) in [6, 6.07) is 0.344. The number of nitrogens with two attached hydrogens (primary N) is 1. The molecule has 2 aliphatic rings. The second kappa shape index (κ2) is 5.83. The number of nitrogens with one attached hydrogen (secondary N) is 1. The third-order valence-corrected chi connectivity index (χ3v) is 4.10. The van der Waals surface area contributed by atoms with Crippen LogP contribution in [0.1, 0.15) is 45.4 Å². The molecule has 1 heterocycles. The molecule has 1 saturated carbocycles. The minimum absolute atomic E-state index is 0.0692. The molecule has 0 spiro atoms. The zero-order valence-corrected chi connectivity index (χ0v) is 10.7. The topological polar surface area (TPSA) is 64.4 Å². The molecular formula is C13H24N2O2. The van der Waals surface area contributed by atoms with Gasteiger partial charge in [-0.3, -0.25) is 4.79 Å². The Balaban J connectivity index is 1.80.